The van der Waals surface area contributed by atoms with Gasteiger partial charge in [-0.15, -0.1) is 11.3 Å². The lowest BCUT2D eigenvalue weighted by Crippen LogP contribution is -2.37. The highest BCUT2D eigenvalue weighted by atomic mass is 32.1. The fourth-order valence-electron chi connectivity index (χ4n) is 1.73. The molecule has 0 fully saturated rings. The summed E-state index contributed by atoms with van der Waals surface area (Å²) in [5, 5.41) is 26.9. The maximum absolute atomic E-state index is 12.0. The van der Waals surface area contributed by atoms with Gasteiger partial charge >= 0.3 is 0 Å². The average molecular weight is 238 g/mol. The second-order valence-electron chi connectivity index (χ2n) is 3.82. The standard InChI is InChI=1S/C11H14N2O2S/c1-9-10(7-11-3-2-6-16-11)8-13(15,12-9)4-5-14/h2-3,6-7,14H,4-5,8H2,1H3. The molecule has 0 amide bonds. The van der Waals surface area contributed by atoms with E-state index in [9.17, 15) is 5.21 Å². The van der Waals surface area contributed by atoms with E-state index in [4.69, 9.17) is 5.11 Å². The van der Waals surface area contributed by atoms with Crippen molar-refractivity contribution in [3.8, 4) is 0 Å². The van der Waals surface area contributed by atoms with Crippen LogP contribution < -0.4 is 0 Å². The number of hydrogen-bond acceptors (Lipinski definition) is 4. The van der Waals surface area contributed by atoms with Gasteiger partial charge in [-0.2, -0.15) is 0 Å². The number of aliphatic hydroxyl groups excluding tert-OH is 1. The fraction of sp³-hybridized carbons (Fsp3) is 0.364. The molecular formula is C11H14N2O2S. The van der Waals surface area contributed by atoms with Gasteiger partial charge in [0.25, 0.3) is 0 Å². The molecule has 1 aromatic rings. The molecule has 0 aromatic carbocycles. The van der Waals surface area contributed by atoms with Gasteiger partial charge < -0.3 is 10.3 Å². The van der Waals surface area contributed by atoms with Crippen LogP contribution in [0.2, 0.25) is 0 Å². The van der Waals surface area contributed by atoms with E-state index in [1.165, 1.54) is 0 Å². The second kappa shape index (κ2) is 4.47. The molecule has 1 N–H and O–H groups in total. The first-order valence-corrected chi connectivity index (χ1v) is 6.01. The first-order valence-electron chi connectivity index (χ1n) is 5.13. The minimum atomic E-state index is -0.681. The van der Waals surface area contributed by atoms with Crippen molar-refractivity contribution in [1.82, 2.24) is 0 Å². The van der Waals surface area contributed by atoms with Crippen molar-refractivity contribution in [1.29, 1.82) is 0 Å². The van der Waals surface area contributed by atoms with Crippen LogP contribution in [0.3, 0.4) is 0 Å². The Morgan fingerprint density at radius 1 is 1.69 bits per heavy atom. The Kier molecular flexibility index (Phi) is 3.20. The number of quaternary nitrogens is 1. The van der Waals surface area contributed by atoms with Crippen LogP contribution in [0, 0.1) is 5.21 Å². The third kappa shape index (κ3) is 2.38. The van der Waals surface area contributed by atoms with Crippen LogP contribution in [-0.2, 0) is 0 Å². The van der Waals surface area contributed by atoms with Crippen molar-refractivity contribution in [3.05, 3.63) is 33.2 Å². The molecule has 0 radical (unpaired) electrons. The van der Waals surface area contributed by atoms with E-state index < -0.39 is 4.76 Å². The summed E-state index contributed by atoms with van der Waals surface area (Å²) in [6.45, 7) is 2.16. The lowest BCUT2D eigenvalue weighted by atomic mass is 10.1. The van der Waals surface area contributed by atoms with E-state index in [-0.39, 0.29) is 13.2 Å². The lowest BCUT2D eigenvalue weighted by molar-refractivity contribution is -0.878. The average Bonchev–Trinajstić information content (AvgIpc) is 2.77. The molecule has 1 atom stereocenters. The molecule has 1 unspecified atom stereocenters. The number of nitrogens with zero attached hydrogens (tertiary/aromatic N) is 2. The molecule has 4 nitrogen and oxygen atoms in total. The molecule has 2 heterocycles. The fourth-order valence-corrected chi connectivity index (χ4v) is 2.42. The van der Waals surface area contributed by atoms with Crippen molar-refractivity contribution in [2.75, 3.05) is 19.7 Å². The smallest absolute Gasteiger partial charge is 0.130 e. The van der Waals surface area contributed by atoms with Gasteiger partial charge in [0.2, 0.25) is 0 Å². The lowest BCUT2D eigenvalue weighted by Gasteiger charge is -2.31. The third-order valence-electron chi connectivity index (χ3n) is 2.52. The topological polar surface area (TPSA) is 55.7 Å². The summed E-state index contributed by atoms with van der Waals surface area (Å²) >= 11 is 1.64. The zero-order valence-corrected chi connectivity index (χ0v) is 9.91. The van der Waals surface area contributed by atoms with Gasteiger partial charge in [0.1, 0.15) is 18.8 Å². The number of thiophene rings is 1. The molecule has 0 spiro atoms. The SMILES string of the molecule is CC1=N[N+]([O-])(CCO)CC1=Cc1cccs1. The van der Waals surface area contributed by atoms with E-state index in [2.05, 4.69) is 5.10 Å². The Labute approximate surface area is 98.3 Å². The first kappa shape index (κ1) is 11.5. The van der Waals surface area contributed by atoms with Gasteiger partial charge in [0.05, 0.1) is 6.61 Å². The van der Waals surface area contributed by atoms with Crippen LogP contribution in [-0.4, -0.2) is 35.3 Å². The zero-order chi connectivity index (χ0) is 11.6. The van der Waals surface area contributed by atoms with Crippen molar-refractivity contribution in [3.63, 3.8) is 0 Å². The van der Waals surface area contributed by atoms with Gasteiger partial charge in [-0.05, 0) is 24.4 Å². The largest absolute Gasteiger partial charge is 0.604 e. The van der Waals surface area contributed by atoms with Gasteiger partial charge in [0, 0.05) is 10.5 Å². The minimum Gasteiger partial charge on any atom is -0.604 e. The molecule has 1 aromatic heterocycles. The van der Waals surface area contributed by atoms with Crippen LogP contribution in [0.5, 0.6) is 0 Å². The highest BCUT2D eigenvalue weighted by Crippen LogP contribution is 2.23. The Balaban J connectivity index is 2.19. The van der Waals surface area contributed by atoms with Gasteiger partial charge in [0.15, 0.2) is 0 Å². The number of hydroxylamine groups is 2. The first-order chi connectivity index (χ1) is 7.63. The monoisotopic (exact) mass is 238 g/mol. The summed E-state index contributed by atoms with van der Waals surface area (Å²) in [5.74, 6) is 0. The molecule has 1 aliphatic heterocycles. The van der Waals surface area contributed by atoms with E-state index in [0.717, 1.165) is 16.2 Å². The van der Waals surface area contributed by atoms with E-state index in [1.54, 1.807) is 11.3 Å². The Morgan fingerprint density at radius 2 is 2.50 bits per heavy atom. The van der Waals surface area contributed by atoms with Crippen molar-refractivity contribution >= 4 is 23.1 Å². The van der Waals surface area contributed by atoms with Crippen LogP contribution >= 0.6 is 11.3 Å². The van der Waals surface area contributed by atoms with Crippen molar-refractivity contribution < 1.29 is 9.86 Å². The van der Waals surface area contributed by atoms with Gasteiger partial charge in [-0.25, -0.2) is 4.76 Å². The molecule has 0 saturated carbocycles. The highest BCUT2D eigenvalue weighted by molar-refractivity contribution is 7.10. The Hall–Kier alpha value is -1.01. The Morgan fingerprint density at radius 3 is 3.12 bits per heavy atom. The third-order valence-corrected chi connectivity index (χ3v) is 3.34. The van der Waals surface area contributed by atoms with Crippen LogP contribution in [0.1, 0.15) is 11.8 Å². The van der Waals surface area contributed by atoms with E-state index >= 15 is 0 Å². The maximum atomic E-state index is 12.0. The summed E-state index contributed by atoms with van der Waals surface area (Å²) in [6, 6.07) is 3.99. The number of hydrogen-bond donors (Lipinski definition) is 1. The Bertz CT molecular complexity index is 425. The summed E-state index contributed by atoms with van der Waals surface area (Å²) in [7, 11) is 0. The predicted octanol–water partition coefficient (Wildman–Crippen LogP) is 1.83. The number of aliphatic hydroxyl groups is 1. The van der Waals surface area contributed by atoms with Crippen molar-refractivity contribution in [2.24, 2.45) is 5.10 Å². The van der Waals surface area contributed by atoms with E-state index in [0.29, 0.717) is 6.54 Å². The maximum Gasteiger partial charge on any atom is 0.130 e. The van der Waals surface area contributed by atoms with Crippen LogP contribution in [0.25, 0.3) is 6.08 Å². The molecule has 16 heavy (non-hydrogen) atoms. The molecule has 1 aliphatic rings. The number of rotatable bonds is 3. The van der Waals surface area contributed by atoms with E-state index in [1.807, 2.05) is 30.5 Å². The molecule has 0 saturated heterocycles. The molecule has 0 bridgehead atoms. The summed E-state index contributed by atoms with van der Waals surface area (Å²) in [6.07, 6.45) is 2.00. The minimum absolute atomic E-state index is 0.124. The summed E-state index contributed by atoms with van der Waals surface area (Å²) in [5.41, 5.74) is 1.74. The van der Waals surface area contributed by atoms with Crippen LogP contribution in [0.4, 0.5) is 0 Å². The predicted molar refractivity (Wildman–Crippen MR) is 65.9 cm³/mol. The molecule has 86 valence electrons. The highest BCUT2D eigenvalue weighted by Gasteiger charge is 2.27. The second-order valence-corrected chi connectivity index (χ2v) is 4.80. The van der Waals surface area contributed by atoms with Gasteiger partial charge in [-0.1, -0.05) is 11.2 Å². The van der Waals surface area contributed by atoms with Crippen molar-refractivity contribution in [2.45, 2.75) is 6.92 Å². The van der Waals surface area contributed by atoms with Crippen LogP contribution in [0.15, 0.2) is 28.2 Å². The summed E-state index contributed by atoms with van der Waals surface area (Å²) in [4.78, 5) is 1.13. The van der Waals surface area contributed by atoms with Gasteiger partial charge in [-0.3, -0.25) is 0 Å². The summed E-state index contributed by atoms with van der Waals surface area (Å²) < 4.78 is -0.681. The quantitative estimate of drug-likeness (QED) is 0.645. The molecule has 0 aliphatic carbocycles. The molecule has 2 rings (SSSR count). The molecular weight excluding hydrogens is 224 g/mol. The zero-order valence-electron chi connectivity index (χ0n) is 9.09. The normalized spacial score (nSPS) is 27.4. The molecule has 5 heteroatoms.